The van der Waals surface area contributed by atoms with Gasteiger partial charge in [-0.25, -0.2) is 4.98 Å². The quantitative estimate of drug-likeness (QED) is 0.768. The Bertz CT molecular complexity index is 776. The molecule has 3 aromatic rings. The number of H-pyrrole nitrogens is 1. The molecule has 2 N–H and O–H groups in total. The summed E-state index contributed by atoms with van der Waals surface area (Å²) in [4.78, 5) is 19.2. The second-order valence-electron chi connectivity index (χ2n) is 5.11. The molecule has 4 heteroatoms. The number of carbonyl (C=O) groups excluding carboxylic acids is 1. The summed E-state index contributed by atoms with van der Waals surface area (Å²) in [6.07, 6.45) is 2.88. The highest BCUT2D eigenvalue weighted by atomic mass is 16.1. The lowest BCUT2D eigenvalue weighted by molar-refractivity contribution is -0.116. The number of amides is 1. The van der Waals surface area contributed by atoms with Crippen molar-refractivity contribution in [2.24, 2.45) is 0 Å². The smallest absolute Gasteiger partial charge is 0.224 e. The Morgan fingerprint density at radius 2 is 2.10 bits per heavy atom. The van der Waals surface area contributed by atoms with E-state index in [0.29, 0.717) is 6.42 Å². The van der Waals surface area contributed by atoms with Gasteiger partial charge in [0.15, 0.2) is 0 Å². The summed E-state index contributed by atoms with van der Waals surface area (Å²) in [6, 6.07) is 13.8. The van der Waals surface area contributed by atoms with Gasteiger partial charge in [0, 0.05) is 12.1 Å². The largest absolute Gasteiger partial charge is 0.345 e. The summed E-state index contributed by atoms with van der Waals surface area (Å²) in [5.41, 5.74) is 5.06. The summed E-state index contributed by atoms with van der Waals surface area (Å²) < 4.78 is 0. The first-order chi connectivity index (χ1) is 10.2. The van der Waals surface area contributed by atoms with Crippen LogP contribution in [-0.4, -0.2) is 15.9 Å². The predicted octanol–water partition coefficient (Wildman–Crippen LogP) is 3.44. The molecule has 0 unspecified atom stereocenters. The molecule has 106 valence electrons. The molecule has 1 aromatic heterocycles. The zero-order chi connectivity index (χ0) is 14.7. The van der Waals surface area contributed by atoms with Gasteiger partial charge in [0.2, 0.25) is 5.91 Å². The number of imidazole rings is 1. The SMILES string of the molecule is Cc1ccccc1CCC(=O)Nc1ccc2nc[nH]c2c1. The van der Waals surface area contributed by atoms with Crippen LogP contribution in [0.4, 0.5) is 5.69 Å². The Labute approximate surface area is 123 Å². The van der Waals surface area contributed by atoms with Crippen molar-refractivity contribution in [1.29, 1.82) is 0 Å². The standard InChI is InChI=1S/C17H17N3O/c1-12-4-2-3-5-13(12)6-9-17(21)20-14-7-8-15-16(10-14)19-11-18-15/h2-5,7-8,10-11H,6,9H2,1H3,(H,18,19)(H,20,21). The van der Waals surface area contributed by atoms with Crippen LogP contribution in [0.5, 0.6) is 0 Å². The normalized spacial score (nSPS) is 10.7. The van der Waals surface area contributed by atoms with Crippen molar-refractivity contribution in [2.75, 3.05) is 5.32 Å². The van der Waals surface area contributed by atoms with E-state index < -0.39 is 0 Å². The third kappa shape index (κ3) is 3.11. The number of hydrogen-bond donors (Lipinski definition) is 2. The maximum atomic E-state index is 12.0. The van der Waals surface area contributed by atoms with Crippen LogP contribution in [0.1, 0.15) is 17.5 Å². The first-order valence-electron chi connectivity index (χ1n) is 7.00. The summed E-state index contributed by atoms with van der Waals surface area (Å²) in [7, 11) is 0. The molecule has 0 atom stereocenters. The molecule has 2 aromatic carbocycles. The first-order valence-corrected chi connectivity index (χ1v) is 7.00. The third-order valence-electron chi connectivity index (χ3n) is 3.59. The molecule has 0 radical (unpaired) electrons. The van der Waals surface area contributed by atoms with Crippen LogP contribution in [0.25, 0.3) is 11.0 Å². The van der Waals surface area contributed by atoms with Crippen LogP contribution < -0.4 is 5.32 Å². The molecule has 0 saturated carbocycles. The number of benzene rings is 2. The van der Waals surface area contributed by atoms with Crippen molar-refractivity contribution in [2.45, 2.75) is 19.8 Å². The van der Waals surface area contributed by atoms with E-state index in [0.717, 1.165) is 23.1 Å². The maximum absolute atomic E-state index is 12.0. The molecule has 21 heavy (non-hydrogen) atoms. The van der Waals surface area contributed by atoms with Gasteiger partial charge in [-0.05, 0) is 42.7 Å². The fourth-order valence-electron chi connectivity index (χ4n) is 2.38. The summed E-state index contributed by atoms with van der Waals surface area (Å²) in [6.45, 7) is 2.07. The van der Waals surface area contributed by atoms with Gasteiger partial charge in [0.05, 0.1) is 17.4 Å². The number of rotatable bonds is 4. The van der Waals surface area contributed by atoms with Crippen molar-refractivity contribution in [3.8, 4) is 0 Å². The Balaban J connectivity index is 1.62. The van der Waals surface area contributed by atoms with Gasteiger partial charge in [-0.1, -0.05) is 24.3 Å². The molecule has 0 spiro atoms. The van der Waals surface area contributed by atoms with Gasteiger partial charge in [-0.15, -0.1) is 0 Å². The van der Waals surface area contributed by atoms with Crippen molar-refractivity contribution in [3.05, 3.63) is 59.9 Å². The van der Waals surface area contributed by atoms with E-state index in [-0.39, 0.29) is 5.91 Å². The zero-order valence-corrected chi connectivity index (χ0v) is 11.9. The minimum absolute atomic E-state index is 0.0251. The van der Waals surface area contributed by atoms with Crippen molar-refractivity contribution >= 4 is 22.6 Å². The fraction of sp³-hybridized carbons (Fsp3) is 0.176. The number of nitrogens with one attached hydrogen (secondary N) is 2. The van der Waals surface area contributed by atoms with Crippen LogP contribution in [0.2, 0.25) is 0 Å². The van der Waals surface area contributed by atoms with Gasteiger partial charge < -0.3 is 10.3 Å². The monoisotopic (exact) mass is 279 g/mol. The second kappa shape index (κ2) is 5.79. The molecule has 0 fully saturated rings. The minimum Gasteiger partial charge on any atom is -0.345 e. The van der Waals surface area contributed by atoms with Crippen LogP contribution in [0.15, 0.2) is 48.8 Å². The molecule has 0 aliphatic heterocycles. The van der Waals surface area contributed by atoms with E-state index in [9.17, 15) is 4.79 Å². The Hall–Kier alpha value is -2.62. The molecule has 1 heterocycles. The lowest BCUT2D eigenvalue weighted by Crippen LogP contribution is -2.12. The molecule has 0 bridgehead atoms. The number of aryl methyl sites for hydroxylation is 2. The van der Waals surface area contributed by atoms with Gasteiger partial charge in [0.1, 0.15) is 0 Å². The Morgan fingerprint density at radius 1 is 1.24 bits per heavy atom. The maximum Gasteiger partial charge on any atom is 0.224 e. The van der Waals surface area contributed by atoms with Crippen molar-refractivity contribution < 1.29 is 4.79 Å². The van der Waals surface area contributed by atoms with Crippen LogP contribution in [0.3, 0.4) is 0 Å². The van der Waals surface area contributed by atoms with E-state index in [1.54, 1.807) is 6.33 Å². The Morgan fingerprint density at radius 3 is 2.95 bits per heavy atom. The van der Waals surface area contributed by atoms with Gasteiger partial charge >= 0.3 is 0 Å². The fourth-order valence-corrected chi connectivity index (χ4v) is 2.38. The molecule has 0 aliphatic carbocycles. The number of nitrogens with zero attached hydrogens (tertiary/aromatic N) is 1. The number of fused-ring (bicyclic) bond motifs is 1. The summed E-state index contributed by atoms with van der Waals surface area (Å²) in [5.74, 6) is 0.0251. The summed E-state index contributed by atoms with van der Waals surface area (Å²) >= 11 is 0. The van der Waals surface area contributed by atoms with E-state index in [1.807, 2.05) is 30.3 Å². The Kier molecular flexibility index (Phi) is 3.69. The second-order valence-corrected chi connectivity index (χ2v) is 5.11. The highest BCUT2D eigenvalue weighted by molar-refractivity contribution is 5.93. The number of carbonyl (C=O) groups is 1. The highest BCUT2D eigenvalue weighted by Crippen LogP contribution is 2.16. The average Bonchev–Trinajstić information content (AvgIpc) is 2.94. The lowest BCUT2D eigenvalue weighted by Gasteiger charge is -2.07. The van der Waals surface area contributed by atoms with Gasteiger partial charge in [0.25, 0.3) is 0 Å². The van der Waals surface area contributed by atoms with E-state index in [4.69, 9.17) is 0 Å². The van der Waals surface area contributed by atoms with Crippen LogP contribution in [0, 0.1) is 6.92 Å². The predicted molar refractivity (Wildman–Crippen MR) is 84.2 cm³/mol. The molecule has 3 rings (SSSR count). The van der Waals surface area contributed by atoms with Crippen LogP contribution >= 0.6 is 0 Å². The van der Waals surface area contributed by atoms with Gasteiger partial charge in [-0.3, -0.25) is 4.79 Å². The number of hydrogen-bond acceptors (Lipinski definition) is 2. The molecule has 4 nitrogen and oxygen atoms in total. The highest BCUT2D eigenvalue weighted by Gasteiger charge is 2.05. The van der Waals surface area contributed by atoms with Gasteiger partial charge in [-0.2, -0.15) is 0 Å². The number of aromatic nitrogens is 2. The minimum atomic E-state index is 0.0251. The first kappa shape index (κ1) is 13.4. The van der Waals surface area contributed by atoms with E-state index in [2.05, 4.69) is 34.3 Å². The number of aromatic amines is 1. The average molecular weight is 279 g/mol. The van der Waals surface area contributed by atoms with Crippen molar-refractivity contribution in [1.82, 2.24) is 9.97 Å². The zero-order valence-electron chi connectivity index (χ0n) is 11.9. The lowest BCUT2D eigenvalue weighted by atomic mass is 10.0. The molecular formula is C17H17N3O. The topological polar surface area (TPSA) is 57.8 Å². The van der Waals surface area contributed by atoms with E-state index >= 15 is 0 Å². The van der Waals surface area contributed by atoms with Crippen molar-refractivity contribution in [3.63, 3.8) is 0 Å². The molecule has 0 aliphatic rings. The molecule has 0 saturated heterocycles. The van der Waals surface area contributed by atoms with Crippen LogP contribution in [-0.2, 0) is 11.2 Å². The summed E-state index contributed by atoms with van der Waals surface area (Å²) in [5, 5.41) is 2.93. The molecular weight excluding hydrogens is 262 g/mol. The number of anilines is 1. The molecule has 1 amide bonds. The van der Waals surface area contributed by atoms with E-state index in [1.165, 1.54) is 11.1 Å². The third-order valence-corrected chi connectivity index (χ3v) is 3.59.